The summed E-state index contributed by atoms with van der Waals surface area (Å²) in [6, 6.07) is 8.98. The Morgan fingerprint density at radius 3 is 2.56 bits per heavy atom. The van der Waals surface area contributed by atoms with Crippen LogP contribution >= 0.6 is 0 Å². The molecule has 0 aliphatic heterocycles. The highest BCUT2D eigenvalue weighted by Crippen LogP contribution is 2.48. The molecule has 5 nitrogen and oxygen atoms in total. The predicted octanol–water partition coefficient (Wildman–Crippen LogP) is 4.94. The molecular weight excluding hydrogens is 412 g/mol. The first kappa shape index (κ1) is 22.3. The minimum absolute atomic E-state index is 0.0852. The van der Waals surface area contributed by atoms with E-state index in [1.807, 2.05) is 6.92 Å². The number of halogens is 2. The van der Waals surface area contributed by atoms with Crippen molar-refractivity contribution in [1.29, 1.82) is 0 Å². The second-order valence-corrected chi connectivity index (χ2v) is 8.93. The molecule has 0 spiro atoms. The van der Waals surface area contributed by atoms with Crippen LogP contribution in [-0.2, 0) is 0 Å². The molecule has 1 aliphatic carbocycles. The van der Waals surface area contributed by atoms with Gasteiger partial charge in [-0.3, -0.25) is 0 Å². The minimum Gasteiger partial charge on any atom is -0.394 e. The molecule has 0 unspecified atom stereocenters. The summed E-state index contributed by atoms with van der Waals surface area (Å²) in [5.41, 5.74) is 4.56. The fraction of sp³-hybridized carbons (Fsp3) is 0.400. The molecule has 1 aliphatic rings. The Balaban J connectivity index is 1.55. The monoisotopic (exact) mass is 441 g/mol. The number of aliphatic hydroxyl groups is 1. The van der Waals surface area contributed by atoms with E-state index >= 15 is 0 Å². The number of nitrogens with one attached hydrogen (secondary N) is 2. The second kappa shape index (κ2) is 8.90. The van der Waals surface area contributed by atoms with Crippen LogP contribution in [-0.4, -0.2) is 47.3 Å². The number of urea groups is 1. The second-order valence-electron chi connectivity index (χ2n) is 8.93. The molecular formula is C25H29F2N3O2. The lowest BCUT2D eigenvalue weighted by atomic mass is 9.70. The Bertz CT molecular complexity index is 1120. The Morgan fingerprint density at radius 1 is 1.22 bits per heavy atom. The van der Waals surface area contributed by atoms with Gasteiger partial charge in [-0.25, -0.2) is 13.6 Å². The molecule has 2 aromatic carbocycles. The SMILES string of the molecule is Cc1cc(F)cc2c(C3CC(CNC(=O)N(C)[C@H](C)CO)C3)c(-c3ccc(F)cc3)[nH]c12. The number of aromatic amines is 1. The average molecular weight is 442 g/mol. The molecule has 3 N–H and O–H groups in total. The average Bonchev–Trinajstić information content (AvgIpc) is 3.11. The number of likely N-dealkylation sites (N-methyl/N-ethyl adjacent to an activating group) is 1. The predicted molar refractivity (Wildman–Crippen MR) is 122 cm³/mol. The van der Waals surface area contributed by atoms with E-state index in [4.69, 9.17) is 0 Å². The zero-order chi connectivity index (χ0) is 23.0. The molecule has 0 saturated heterocycles. The number of benzene rings is 2. The number of amides is 2. The summed E-state index contributed by atoms with van der Waals surface area (Å²) in [6.07, 6.45) is 1.74. The molecule has 1 heterocycles. The molecule has 1 aromatic heterocycles. The Morgan fingerprint density at radius 2 is 1.91 bits per heavy atom. The molecule has 1 fully saturated rings. The minimum atomic E-state index is -0.298. The Kier molecular flexibility index (Phi) is 6.20. The van der Waals surface area contributed by atoms with Crippen molar-refractivity contribution < 1.29 is 18.7 Å². The molecule has 1 atom stereocenters. The van der Waals surface area contributed by atoms with Gasteiger partial charge >= 0.3 is 6.03 Å². The number of aryl methyl sites for hydroxylation is 1. The van der Waals surface area contributed by atoms with Gasteiger partial charge in [0.1, 0.15) is 11.6 Å². The van der Waals surface area contributed by atoms with Crippen LogP contribution in [0.25, 0.3) is 22.2 Å². The molecule has 0 radical (unpaired) electrons. The van der Waals surface area contributed by atoms with E-state index in [0.717, 1.165) is 46.1 Å². The van der Waals surface area contributed by atoms with Crippen molar-refractivity contribution in [3.8, 4) is 11.3 Å². The largest absolute Gasteiger partial charge is 0.394 e. The van der Waals surface area contributed by atoms with Gasteiger partial charge in [0.15, 0.2) is 0 Å². The van der Waals surface area contributed by atoms with Gasteiger partial charge in [-0.15, -0.1) is 0 Å². The first-order chi connectivity index (χ1) is 15.3. The number of nitrogens with zero attached hydrogens (tertiary/aromatic N) is 1. The fourth-order valence-corrected chi connectivity index (χ4v) is 4.53. The maximum Gasteiger partial charge on any atom is 0.317 e. The number of H-pyrrole nitrogens is 1. The third-order valence-electron chi connectivity index (χ3n) is 6.67. The van der Waals surface area contributed by atoms with E-state index in [-0.39, 0.29) is 36.2 Å². The number of fused-ring (bicyclic) bond motifs is 1. The molecule has 1 saturated carbocycles. The lowest BCUT2D eigenvalue weighted by Gasteiger charge is -2.37. The van der Waals surface area contributed by atoms with Crippen LogP contribution in [0.3, 0.4) is 0 Å². The van der Waals surface area contributed by atoms with Crippen molar-refractivity contribution in [2.24, 2.45) is 5.92 Å². The summed E-state index contributed by atoms with van der Waals surface area (Å²) in [5.74, 6) is -0.0258. The molecule has 4 rings (SSSR count). The van der Waals surface area contributed by atoms with E-state index in [9.17, 15) is 18.7 Å². The number of aliphatic hydroxyl groups excluding tert-OH is 1. The number of rotatable bonds is 6. The van der Waals surface area contributed by atoms with Gasteiger partial charge in [-0.2, -0.15) is 0 Å². The van der Waals surface area contributed by atoms with Gasteiger partial charge in [-0.05, 0) is 91.6 Å². The van der Waals surface area contributed by atoms with Crippen molar-refractivity contribution in [2.45, 2.75) is 38.6 Å². The molecule has 170 valence electrons. The summed E-state index contributed by atoms with van der Waals surface area (Å²) in [6.45, 7) is 4.13. The van der Waals surface area contributed by atoms with Crippen molar-refractivity contribution >= 4 is 16.9 Å². The van der Waals surface area contributed by atoms with Crippen LogP contribution in [0.1, 0.15) is 36.8 Å². The van der Waals surface area contributed by atoms with E-state index < -0.39 is 0 Å². The number of carbonyl (C=O) groups is 1. The van der Waals surface area contributed by atoms with Crippen LogP contribution in [0.5, 0.6) is 0 Å². The molecule has 0 bridgehead atoms. The molecule has 32 heavy (non-hydrogen) atoms. The summed E-state index contributed by atoms with van der Waals surface area (Å²) in [7, 11) is 1.66. The van der Waals surface area contributed by atoms with Crippen LogP contribution in [0, 0.1) is 24.5 Å². The van der Waals surface area contributed by atoms with Crippen molar-refractivity contribution in [1.82, 2.24) is 15.2 Å². The number of hydrogen-bond acceptors (Lipinski definition) is 2. The molecule has 2 amide bonds. The Hall–Kier alpha value is -2.93. The van der Waals surface area contributed by atoms with Gasteiger partial charge in [0.2, 0.25) is 0 Å². The van der Waals surface area contributed by atoms with Crippen LogP contribution < -0.4 is 5.32 Å². The lowest BCUT2D eigenvalue weighted by molar-refractivity contribution is 0.153. The maximum atomic E-state index is 14.3. The van der Waals surface area contributed by atoms with Crippen LogP contribution in [0.2, 0.25) is 0 Å². The maximum absolute atomic E-state index is 14.3. The highest BCUT2D eigenvalue weighted by atomic mass is 19.1. The zero-order valence-corrected chi connectivity index (χ0v) is 18.6. The third kappa shape index (κ3) is 4.21. The smallest absolute Gasteiger partial charge is 0.317 e. The van der Waals surface area contributed by atoms with Crippen molar-refractivity contribution in [3.63, 3.8) is 0 Å². The first-order valence-electron chi connectivity index (χ1n) is 11.0. The van der Waals surface area contributed by atoms with Gasteiger partial charge in [0.25, 0.3) is 0 Å². The topological polar surface area (TPSA) is 68.4 Å². The van der Waals surface area contributed by atoms with Gasteiger partial charge in [0.05, 0.1) is 12.6 Å². The zero-order valence-electron chi connectivity index (χ0n) is 18.6. The lowest BCUT2D eigenvalue weighted by Crippen LogP contribution is -2.46. The standard InChI is InChI=1S/C25H29F2N3O2/c1-14-8-20(27)11-21-22(24(29-23(14)21)17-4-6-19(26)7-5-17)18-9-16(10-18)12-28-25(32)30(3)15(2)13-31/h4-8,11,15-16,18,29,31H,9-10,12-13H2,1-3H3,(H,28,32)/t15-,16?,18?/m1/s1. The van der Waals surface area contributed by atoms with Crippen molar-refractivity contribution in [2.75, 3.05) is 20.2 Å². The number of aromatic nitrogens is 1. The quantitative estimate of drug-likeness (QED) is 0.507. The van der Waals surface area contributed by atoms with Crippen LogP contribution in [0.4, 0.5) is 13.6 Å². The highest BCUT2D eigenvalue weighted by molar-refractivity contribution is 5.93. The summed E-state index contributed by atoms with van der Waals surface area (Å²) >= 11 is 0. The Labute approximate surface area is 186 Å². The van der Waals surface area contributed by atoms with E-state index in [2.05, 4.69) is 10.3 Å². The first-order valence-corrected chi connectivity index (χ1v) is 11.0. The summed E-state index contributed by atoms with van der Waals surface area (Å²) in [4.78, 5) is 17.2. The highest BCUT2D eigenvalue weighted by Gasteiger charge is 2.34. The van der Waals surface area contributed by atoms with Crippen molar-refractivity contribution in [3.05, 3.63) is 59.2 Å². The van der Waals surface area contributed by atoms with E-state index in [0.29, 0.717) is 12.5 Å². The number of carbonyl (C=O) groups excluding carboxylic acids is 1. The summed E-state index contributed by atoms with van der Waals surface area (Å²) < 4.78 is 27.7. The van der Waals surface area contributed by atoms with Gasteiger partial charge in [-0.1, -0.05) is 0 Å². The third-order valence-corrected chi connectivity index (χ3v) is 6.67. The summed E-state index contributed by atoms with van der Waals surface area (Å²) in [5, 5.41) is 13.0. The van der Waals surface area contributed by atoms with Crippen LogP contribution in [0.15, 0.2) is 36.4 Å². The fourth-order valence-electron chi connectivity index (χ4n) is 4.53. The molecule has 7 heteroatoms. The van der Waals surface area contributed by atoms with Gasteiger partial charge < -0.3 is 20.3 Å². The van der Waals surface area contributed by atoms with Gasteiger partial charge in [0, 0.05) is 30.2 Å². The molecule has 3 aromatic rings. The van der Waals surface area contributed by atoms with E-state index in [1.165, 1.54) is 23.1 Å². The van der Waals surface area contributed by atoms with E-state index in [1.54, 1.807) is 32.2 Å². The normalized spacial score (nSPS) is 18.9. The number of hydrogen-bond donors (Lipinski definition) is 3.